The minimum Gasteiger partial charge on any atom is -0.331 e. The first-order valence-electron chi connectivity index (χ1n) is 3.61. The molecule has 2 nitrogen and oxygen atoms in total. The van der Waals surface area contributed by atoms with Gasteiger partial charge in [0.1, 0.15) is 0 Å². The van der Waals surface area contributed by atoms with Crippen LogP contribution in [0.1, 0.15) is 6.42 Å². The van der Waals surface area contributed by atoms with E-state index in [1.54, 1.807) is 4.90 Å². The summed E-state index contributed by atoms with van der Waals surface area (Å²) in [6.45, 7) is 4.82. The molecule has 1 unspecified atom stereocenters. The van der Waals surface area contributed by atoms with Gasteiger partial charge in [0.2, 0.25) is 5.91 Å². The maximum Gasteiger partial charge on any atom is 0.224 e. The second-order valence-electron chi connectivity index (χ2n) is 2.68. The van der Waals surface area contributed by atoms with Gasteiger partial charge in [0.25, 0.3) is 0 Å². The van der Waals surface area contributed by atoms with Gasteiger partial charge in [0, 0.05) is 18.9 Å². The summed E-state index contributed by atoms with van der Waals surface area (Å²) in [6.07, 6.45) is 7.48. The molecule has 1 atom stereocenters. The number of terminal acetylenes is 1. The standard InChI is InChI=1S/C9H11NO/c1-3-5-10-7-8(4-2)6-9(10)11/h1,4,8H,2,5-7H2. The van der Waals surface area contributed by atoms with Crippen molar-refractivity contribution in [2.45, 2.75) is 6.42 Å². The summed E-state index contributed by atoms with van der Waals surface area (Å²) in [4.78, 5) is 12.8. The lowest BCUT2D eigenvalue weighted by molar-refractivity contribution is -0.127. The van der Waals surface area contributed by atoms with Crippen molar-refractivity contribution in [3.63, 3.8) is 0 Å². The highest BCUT2D eigenvalue weighted by molar-refractivity contribution is 5.79. The van der Waals surface area contributed by atoms with Crippen LogP contribution in [0.2, 0.25) is 0 Å². The molecule has 0 saturated carbocycles. The van der Waals surface area contributed by atoms with Crippen LogP contribution in [0.5, 0.6) is 0 Å². The van der Waals surface area contributed by atoms with Crippen molar-refractivity contribution in [1.29, 1.82) is 0 Å². The van der Waals surface area contributed by atoms with Gasteiger partial charge in [0.05, 0.1) is 6.54 Å². The van der Waals surface area contributed by atoms with Gasteiger partial charge in [-0.05, 0) is 0 Å². The minimum atomic E-state index is 0.146. The van der Waals surface area contributed by atoms with Crippen LogP contribution in [0.25, 0.3) is 0 Å². The lowest BCUT2D eigenvalue weighted by Gasteiger charge is -2.10. The Labute approximate surface area is 66.9 Å². The largest absolute Gasteiger partial charge is 0.331 e. The number of carbonyl (C=O) groups excluding carboxylic acids is 1. The molecule has 2 heteroatoms. The second-order valence-corrected chi connectivity index (χ2v) is 2.68. The van der Waals surface area contributed by atoms with Crippen molar-refractivity contribution in [3.8, 4) is 12.3 Å². The predicted molar refractivity (Wildman–Crippen MR) is 43.7 cm³/mol. The average molecular weight is 149 g/mol. The molecule has 58 valence electrons. The van der Waals surface area contributed by atoms with Crippen molar-refractivity contribution in [2.75, 3.05) is 13.1 Å². The molecule has 1 aliphatic rings. The fourth-order valence-electron chi connectivity index (χ4n) is 1.22. The van der Waals surface area contributed by atoms with Crippen molar-refractivity contribution in [1.82, 2.24) is 4.90 Å². The fraction of sp³-hybridized carbons (Fsp3) is 0.444. The molecule has 1 aliphatic heterocycles. The van der Waals surface area contributed by atoms with Gasteiger partial charge < -0.3 is 4.90 Å². The lowest BCUT2D eigenvalue weighted by atomic mass is 10.1. The van der Waals surface area contributed by atoms with Crippen molar-refractivity contribution in [2.24, 2.45) is 5.92 Å². The third kappa shape index (κ3) is 1.62. The number of hydrogen-bond acceptors (Lipinski definition) is 1. The predicted octanol–water partition coefficient (Wildman–Crippen LogP) is 0.654. The number of rotatable bonds is 2. The van der Waals surface area contributed by atoms with Gasteiger partial charge >= 0.3 is 0 Å². The van der Waals surface area contributed by atoms with Crippen LogP contribution >= 0.6 is 0 Å². The van der Waals surface area contributed by atoms with Crippen molar-refractivity contribution in [3.05, 3.63) is 12.7 Å². The molecule has 0 aromatic rings. The molecule has 0 aromatic carbocycles. The fourth-order valence-corrected chi connectivity index (χ4v) is 1.22. The smallest absolute Gasteiger partial charge is 0.224 e. The Morgan fingerprint density at radius 2 is 2.64 bits per heavy atom. The molecule has 1 rings (SSSR count). The highest BCUT2D eigenvalue weighted by Gasteiger charge is 2.26. The first kappa shape index (κ1) is 7.87. The zero-order valence-corrected chi connectivity index (χ0v) is 6.42. The molecule has 1 amide bonds. The Morgan fingerprint density at radius 3 is 3.09 bits per heavy atom. The van der Waals surface area contributed by atoms with Crippen LogP contribution in [0.15, 0.2) is 12.7 Å². The van der Waals surface area contributed by atoms with E-state index in [1.165, 1.54) is 0 Å². The molecular formula is C9H11NO. The Bertz CT molecular complexity index is 214. The van der Waals surface area contributed by atoms with E-state index < -0.39 is 0 Å². The minimum absolute atomic E-state index is 0.146. The van der Waals surface area contributed by atoms with Crippen LogP contribution in [0.3, 0.4) is 0 Å². The molecular weight excluding hydrogens is 138 g/mol. The SMILES string of the molecule is C#CCN1CC(C=C)CC1=O. The highest BCUT2D eigenvalue weighted by atomic mass is 16.2. The van der Waals surface area contributed by atoms with E-state index in [2.05, 4.69) is 12.5 Å². The van der Waals surface area contributed by atoms with Crippen LogP contribution in [0, 0.1) is 18.3 Å². The second kappa shape index (κ2) is 3.25. The molecule has 0 N–H and O–H groups in total. The molecule has 0 aromatic heterocycles. The summed E-state index contributed by atoms with van der Waals surface area (Å²) in [7, 11) is 0. The summed E-state index contributed by atoms with van der Waals surface area (Å²) >= 11 is 0. The Morgan fingerprint density at radius 1 is 1.91 bits per heavy atom. The zero-order valence-electron chi connectivity index (χ0n) is 6.42. The van der Waals surface area contributed by atoms with E-state index in [-0.39, 0.29) is 5.91 Å². The Kier molecular flexibility index (Phi) is 2.32. The van der Waals surface area contributed by atoms with E-state index in [9.17, 15) is 4.79 Å². The maximum absolute atomic E-state index is 11.1. The molecule has 1 heterocycles. The van der Waals surface area contributed by atoms with E-state index >= 15 is 0 Å². The molecule has 0 bridgehead atoms. The monoisotopic (exact) mass is 149 g/mol. The van der Waals surface area contributed by atoms with Gasteiger partial charge in [-0.1, -0.05) is 12.0 Å². The molecule has 0 aliphatic carbocycles. The van der Waals surface area contributed by atoms with E-state index in [1.807, 2.05) is 6.08 Å². The molecule has 0 radical (unpaired) electrons. The van der Waals surface area contributed by atoms with Crippen molar-refractivity contribution >= 4 is 5.91 Å². The normalized spacial score (nSPS) is 23.4. The third-order valence-corrected chi connectivity index (χ3v) is 1.86. The third-order valence-electron chi connectivity index (χ3n) is 1.86. The van der Waals surface area contributed by atoms with E-state index in [0.29, 0.717) is 18.9 Å². The average Bonchev–Trinajstić information content (AvgIpc) is 2.33. The highest BCUT2D eigenvalue weighted by Crippen LogP contribution is 2.17. The van der Waals surface area contributed by atoms with Crippen molar-refractivity contribution < 1.29 is 4.79 Å². The zero-order chi connectivity index (χ0) is 8.27. The number of hydrogen-bond donors (Lipinski definition) is 0. The number of amides is 1. The quantitative estimate of drug-likeness (QED) is 0.417. The summed E-state index contributed by atoms with van der Waals surface area (Å²) < 4.78 is 0. The van der Waals surface area contributed by atoms with Crippen LogP contribution in [-0.2, 0) is 4.79 Å². The summed E-state index contributed by atoms with van der Waals surface area (Å²) in [5.41, 5.74) is 0. The maximum atomic E-state index is 11.1. The first-order chi connectivity index (χ1) is 5.27. The molecule has 0 spiro atoms. The molecule has 1 fully saturated rings. The van der Waals surface area contributed by atoms with Crippen LogP contribution < -0.4 is 0 Å². The summed E-state index contributed by atoms with van der Waals surface area (Å²) in [5, 5.41) is 0. The van der Waals surface area contributed by atoms with Crippen LogP contribution in [0.4, 0.5) is 0 Å². The van der Waals surface area contributed by atoms with Crippen LogP contribution in [-0.4, -0.2) is 23.9 Å². The summed E-state index contributed by atoms with van der Waals surface area (Å²) in [5.74, 6) is 2.90. The topological polar surface area (TPSA) is 20.3 Å². The van der Waals surface area contributed by atoms with Gasteiger partial charge in [-0.15, -0.1) is 13.0 Å². The Hall–Kier alpha value is -1.23. The van der Waals surface area contributed by atoms with Gasteiger partial charge in [0.15, 0.2) is 0 Å². The molecule has 1 saturated heterocycles. The number of likely N-dealkylation sites (tertiary alicyclic amines) is 1. The van der Waals surface area contributed by atoms with Gasteiger partial charge in [-0.25, -0.2) is 0 Å². The molecule has 11 heavy (non-hydrogen) atoms. The van der Waals surface area contributed by atoms with Gasteiger partial charge in [-0.2, -0.15) is 0 Å². The van der Waals surface area contributed by atoms with Gasteiger partial charge in [-0.3, -0.25) is 4.79 Å². The first-order valence-corrected chi connectivity index (χ1v) is 3.61. The number of carbonyl (C=O) groups is 1. The van der Waals surface area contributed by atoms with E-state index in [0.717, 1.165) is 6.54 Å². The lowest BCUT2D eigenvalue weighted by Crippen LogP contribution is -2.25. The van der Waals surface area contributed by atoms with E-state index in [4.69, 9.17) is 6.42 Å². The Balaban J connectivity index is 2.53. The number of nitrogens with zero attached hydrogens (tertiary/aromatic N) is 1. The summed E-state index contributed by atoms with van der Waals surface area (Å²) in [6, 6.07) is 0.